The van der Waals surface area contributed by atoms with Gasteiger partial charge in [0.15, 0.2) is 5.75 Å². The Hall–Kier alpha value is -3.98. The minimum atomic E-state index is -3.78. The van der Waals surface area contributed by atoms with Crippen LogP contribution in [-0.2, 0) is 19.6 Å². The second-order valence-corrected chi connectivity index (χ2v) is 15.0. The lowest BCUT2D eigenvalue weighted by Gasteiger charge is -2.38. The van der Waals surface area contributed by atoms with Gasteiger partial charge in [0, 0.05) is 32.4 Å². The van der Waals surface area contributed by atoms with Crippen molar-refractivity contribution in [1.29, 1.82) is 0 Å². The summed E-state index contributed by atoms with van der Waals surface area (Å²) in [5.41, 5.74) is 7.43. The van der Waals surface area contributed by atoms with E-state index in [1.807, 2.05) is 6.92 Å². The van der Waals surface area contributed by atoms with Crippen molar-refractivity contribution in [3.05, 3.63) is 65.5 Å². The lowest BCUT2D eigenvalue weighted by molar-refractivity contribution is -0.116. The third-order valence-corrected chi connectivity index (χ3v) is 11.3. The molecule has 3 aromatic rings. The number of aliphatic hydroxyl groups is 1. The number of carbonyl (C=O) groups is 3. The molecule has 0 spiro atoms. The Morgan fingerprint density at radius 3 is 2.34 bits per heavy atom. The molecule has 4 rings (SSSR count). The summed E-state index contributed by atoms with van der Waals surface area (Å²) in [6, 6.07) is 14.6. The highest BCUT2D eigenvalue weighted by molar-refractivity contribution is 7.91. The van der Waals surface area contributed by atoms with Gasteiger partial charge in [-0.15, -0.1) is 11.3 Å². The number of hydrogen-bond donors (Lipinski definition) is 4. The van der Waals surface area contributed by atoms with Crippen LogP contribution < -0.4 is 21.1 Å². The number of unbranched alkanes of at least 4 members (excludes halogenated alkanes) is 2. The summed E-state index contributed by atoms with van der Waals surface area (Å²) < 4.78 is 34.4. The molecule has 12 nitrogen and oxygen atoms in total. The van der Waals surface area contributed by atoms with Crippen LogP contribution in [0.2, 0.25) is 0 Å². The highest BCUT2D eigenvalue weighted by Gasteiger charge is 2.36. The number of carbonyl (C=O) groups excluding carboxylic acids is 3. The minimum Gasteiger partial charge on any atom is -0.486 e. The van der Waals surface area contributed by atoms with Crippen LogP contribution in [0.5, 0.6) is 5.75 Å². The van der Waals surface area contributed by atoms with E-state index in [9.17, 15) is 27.9 Å². The molecule has 254 valence electrons. The van der Waals surface area contributed by atoms with Crippen molar-refractivity contribution in [3.63, 3.8) is 0 Å². The maximum absolute atomic E-state index is 13.7. The van der Waals surface area contributed by atoms with E-state index in [0.717, 1.165) is 11.3 Å². The first-order valence-corrected chi connectivity index (χ1v) is 17.9. The number of hydrogen-bond acceptors (Lipinski definition) is 9. The molecule has 0 unspecified atom stereocenters. The molecule has 0 saturated heterocycles. The maximum atomic E-state index is 13.7. The summed E-state index contributed by atoms with van der Waals surface area (Å²) in [4.78, 5) is 40.6. The number of thiophene rings is 1. The van der Waals surface area contributed by atoms with Crippen molar-refractivity contribution in [2.45, 2.75) is 62.3 Å². The zero-order valence-electron chi connectivity index (χ0n) is 26.8. The molecule has 14 heteroatoms. The van der Waals surface area contributed by atoms with Crippen LogP contribution in [0.4, 0.5) is 17.1 Å². The number of ether oxygens (including phenoxy) is 1. The molecule has 3 amide bonds. The van der Waals surface area contributed by atoms with Crippen molar-refractivity contribution < 1.29 is 32.6 Å². The van der Waals surface area contributed by atoms with Gasteiger partial charge in [0.05, 0.1) is 41.8 Å². The Labute approximate surface area is 279 Å². The molecule has 0 bridgehead atoms. The number of anilines is 3. The Morgan fingerprint density at radius 2 is 1.70 bits per heavy atom. The number of sulfonamides is 1. The molecule has 5 N–H and O–H groups in total. The summed E-state index contributed by atoms with van der Waals surface area (Å²) in [5, 5.41) is 17.3. The van der Waals surface area contributed by atoms with Crippen LogP contribution in [0.25, 0.3) is 0 Å². The van der Waals surface area contributed by atoms with E-state index >= 15 is 0 Å². The van der Waals surface area contributed by atoms with Crippen LogP contribution >= 0.6 is 11.3 Å². The summed E-state index contributed by atoms with van der Waals surface area (Å²) in [5.74, 6) is -0.990. The van der Waals surface area contributed by atoms with E-state index in [2.05, 4.69) is 10.6 Å². The number of nitrogens with one attached hydrogen (secondary N) is 2. The molecule has 0 aliphatic carbocycles. The van der Waals surface area contributed by atoms with Crippen molar-refractivity contribution in [1.82, 2.24) is 9.21 Å². The molecule has 1 aliphatic heterocycles. The fourth-order valence-corrected chi connectivity index (χ4v) is 7.64. The lowest BCUT2D eigenvalue weighted by Crippen LogP contribution is -2.50. The van der Waals surface area contributed by atoms with Crippen LogP contribution in [0.15, 0.2) is 64.2 Å². The normalized spacial score (nSPS) is 17.3. The fraction of sp³-hybridized carbons (Fsp3) is 0.424. The number of benzene rings is 2. The largest absolute Gasteiger partial charge is 0.486 e. The van der Waals surface area contributed by atoms with Crippen LogP contribution in [0.1, 0.15) is 56.3 Å². The van der Waals surface area contributed by atoms with Gasteiger partial charge in [-0.05, 0) is 55.5 Å². The molecule has 0 fully saturated rings. The topological polar surface area (TPSA) is 171 Å². The van der Waals surface area contributed by atoms with Crippen LogP contribution in [-0.4, -0.2) is 79.3 Å². The third kappa shape index (κ3) is 9.10. The van der Waals surface area contributed by atoms with Crippen LogP contribution in [0, 0.1) is 5.92 Å². The van der Waals surface area contributed by atoms with Crippen molar-refractivity contribution in [2.24, 2.45) is 5.92 Å². The van der Waals surface area contributed by atoms with Crippen molar-refractivity contribution in [3.8, 4) is 5.75 Å². The average molecular weight is 686 g/mol. The summed E-state index contributed by atoms with van der Waals surface area (Å²) in [6.07, 6.45) is 1.55. The van der Waals surface area contributed by atoms with E-state index in [4.69, 9.17) is 10.5 Å². The van der Waals surface area contributed by atoms with E-state index in [1.165, 1.54) is 11.4 Å². The number of para-hydroxylation sites is 3. The van der Waals surface area contributed by atoms with Gasteiger partial charge in [-0.1, -0.05) is 37.6 Å². The number of rotatable bonds is 14. The first kappa shape index (κ1) is 35.9. The maximum Gasteiger partial charge on any atom is 0.258 e. The number of nitrogens with zero attached hydrogens (tertiary/aromatic N) is 2. The number of nitrogen functional groups attached to an aromatic ring is 1. The highest BCUT2D eigenvalue weighted by Crippen LogP contribution is 2.35. The molecular formula is C33H43N5O7S2. The second-order valence-electron chi connectivity index (χ2n) is 11.8. The van der Waals surface area contributed by atoms with E-state index in [-0.39, 0.29) is 71.7 Å². The number of aliphatic hydroxyl groups excluding tert-OH is 1. The van der Waals surface area contributed by atoms with Gasteiger partial charge in [-0.25, -0.2) is 8.42 Å². The molecular weight excluding hydrogens is 643 g/mol. The zero-order valence-corrected chi connectivity index (χ0v) is 28.5. The Morgan fingerprint density at radius 1 is 1.04 bits per heavy atom. The lowest BCUT2D eigenvalue weighted by atomic mass is 9.99. The molecule has 2 heterocycles. The number of fused-ring (bicyclic) bond motifs is 1. The standard InChI is InChI=1S/C33H43N5O7S2/c1-22-19-38(23(2)21-39)33(42)24-11-9-14-27(32(24)45-28(22)20-37(3)47(43,44)31-17-10-18-46-31)36-30(41)16-6-4-5-15-29(40)35-26-13-8-7-12-25(26)34/h7-14,17-18,22-23,28,39H,4-6,15-16,19-21,34H2,1-3H3,(H,35,40)(H,36,41)/t22-,23-,28+/m1/s1. The second kappa shape index (κ2) is 16.2. The summed E-state index contributed by atoms with van der Waals surface area (Å²) in [7, 11) is -2.29. The van der Waals surface area contributed by atoms with Crippen LogP contribution in [0.3, 0.4) is 0 Å². The summed E-state index contributed by atoms with van der Waals surface area (Å²) >= 11 is 1.12. The summed E-state index contributed by atoms with van der Waals surface area (Å²) in [6.45, 7) is 3.56. The Kier molecular flexibility index (Phi) is 12.4. The van der Waals surface area contributed by atoms with Gasteiger partial charge in [-0.2, -0.15) is 4.31 Å². The van der Waals surface area contributed by atoms with Crippen molar-refractivity contribution in [2.75, 3.05) is 43.1 Å². The predicted molar refractivity (Wildman–Crippen MR) is 183 cm³/mol. The van der Waals surface area contributed by atoms with E-state index in [0.29, 0.717) is 36.3 Å². The van der Waals surface area contributed by atoms with Gasteiger partial charge < -0.3 is 31.1 Å². The highest BCUT2D eigenvalue weighted by atomic mass is 32.2. The SMILES string of the molecule is C[C@@H]1CN([C@H](C)CO)C(=O)c2cccc(NC(=O)CCCCCC(=O)Nc3ccccc3N)c2O[C@H]1CN(C)S(=O)(=O)c1cccs1. The minimum absolute atomic E-state index is 0.0108. The Balaban J connectivity index is 1.45. The monoisotopic (exact) mass is 685 g/mol. The van der Waals surface area contributed by atoms with Gasteiger partial charge in [-0.3, -0.25) is 14.4 Å². The predicted octanol–water partition coefficient (Wildman–Crippen LogP) is 4.40. The van der Waals surface area contributed by atoms with E-state index < -0.39 is 22.2 Å². The number of nitrogens with two attached hydrogens (primary N) is 1. The van der Waals surface area contributed by atoms with Gasteiger partial charge in [0.25, 0.3) is 15.9 Å². The molecule has 47 heavy (non-hydrogen) atoms. The average Bonchev–Trinajstić information content (AvgIpc) is 3.60. The van der Waals surface area contributed by atoms with Gasteiger partial charge >= 0.3 is 0 Å². The first-order chi connectivity index (χ1) is 22.4. The zero-order chi connectivity index (χ0) is 34.1. The fourth-order valence-electron chi connectivity index (χ4n) is 5.26. The molecule has 0 saturated carbocycles. The van der Waals surface area contributed by atoms with Gasteiger partial charge in [0.1, 0.15) is 10.3 Å². The van der Waals surface area contributed by atoms with Crippen molar-refractivity contribution >= 4 is 56.1 Å². The first-order valence-electron chi connectivity index (χ1n) is 15.6. The molecule has 0 radical (unpaired) electrons. The molecule has 3 atom stereocenters. The number of amides is 3. The van der Waals surface area contributed by atoms with E-state index in [1.54, 1.807) is 71.8 Å². The molecule has 2 aromatic carbocycles. The molecule has 1 aliphatic rings. The quantitative estimate of drug-likeness (QED) is 0.143. The molecule has 1 aromatic heterocycles. The Bertz CT molecular complexity index is 1650. The smallest absolute Gasteiger partial charge is 0.258 e. The van der Waals surface area contributed by atoms with Gasteiger partial charge in [0.2, 0.25) is 11.8 Å². The third-order valence-electron chi connectivity index (χ3n) is 8.10. The number of likely N-dealkylation sites (N-methyl/N-ethyl adjacent to an activating group) is 1.